The largest absolute Gasteiger partial charge is 0.382 e. The Morgan fingerprint density at radius 3 is 2.11 bits per heavy atom. The van der Waals surface area contributed by atoms with Crippen LogP contribution in [0.1, 0.15) is 73.6 Å². The molecule has 18 heavy (non-hydrogen) atoms. The molecule has 0 heterocycles. The van der Waals surface area contributed by atoms with Crippen LogP contribution in [0.2, 0.25) is 0 Å². The minimum absolute atomic E-state index is 0.207. The van der Waals surface area contributed by atoms with Crippen molar-refractivity contribution in [1.82, 2.24) is 5.32 Å². The molecule has 0 radical (unpaired) electrons. The Labute approximate surface area is 115 Å². The third kappa shape index (κ3) is 8.10. The van der Waals surface area contributed by atoms with Crippen LogP contribution in [0.3, 0.4) is 0 Å². The zero-order valence-corrected chi connectivity index (χ0v) is 13.6. The van der Waals surface area contributed by atoms with Crippen molar-refractivity contribution in [2.24, 2.45) is 5.41 Å². The Morgan fingerprint density at radius 2 is 1.67 bits per heavy atom. The number of unbranched alkanes of at least 4 members (excludes halogenated alkanes) is 1. The van der Waals surface area contributed by atoms with Crippen LogP contribution in [0, 0.1) is 5.41 Å². The van der Waals surface area contributed by atoms with Gasteiger partial charge in [-0.25, -0.2) is 0 Å². The molecular weight excluding hydrogens is 222 g/mol. The molecule has 1 N–H and O–H groups in total. The van der Waals surface area contributed by atoms with E-state index in [9.17, 15) is 0 Å². The van der Waals surface area contributed by atoms with Crippen molar-refractivity contribution in [3.63, 3.8) is 0 Å². The zero-order chi connectivity index (χ0) is 14.1. The van der Waals surface area contributed by atoms with E-state index >= 15 is 0 Å². The van der Waals surface area contributed by atoms with Gasteiger partial charge in [0.2, 0.25) is 0 Å². The first-order chi connectivity index (χ1) is 8.39. The standard InChI is InChI=1S/C16H35NO/c1-7-10-11-16(8-2,12-13-18-9-3)14-17-15(4,5)6/h17H,7-14H2,1-6H3. The van der Waals surface area contributed by atoms with E-state index in [0.29, 0.717) is 5.41 Å². The Hall–Kier alpha value is -0.0800. The molecule has 2 heteroatoms. The molecule has 0 aliphatic heterocycles. The Morgan fingerprint density at radius 1 is 1.00 bits per heavy atom. The predicted molar refractivity (Wildman–Crippen MR) is 81.1 cm³/mol. The van der Waals surface area contributed by atoms with Gasteiger partial charge in [0, 0.05) is 25.3 Å². The van der Waals surface area contributed by atoms with Crippen LogP contribution in [-0.4, -0.2) is 25.3 Å². The van der Waals surface area contributed by atoms with Gasteiger partial charge in [-0.1, -0.05) is 26.7 Å². The van der Waals surface area contributed by atoms with Crippen LogP contribution in [0.15, 0.2) is 0 Å². The van der Waals surface area contributed by atoms with Crippen molar-refractivity contribution in [3.8, 4) is 0 Å². The molecule has 2 nitrogen and oxygen atoms in total. The van der Waals surface area contributed by atoms with Gasteiger partial charge in [-0.3, -0.25) is 0 Å². The van der Waals surface area contributed by atoms with Crippen LogP contribution >= 0.6 is 0 Å². The monoisotopic (exact) mass is 257 g/mol. The van der Waals surface area contributed by atoms with E-state index in [0.717, 1.165) is 19.8 Å². The lowest BCUT2D eigenvalue weighted by Gasteiger charge is -2.36. The summed E-state index contributed by atoms with van der Waals surface area (Å²) in [5.74, 6) is 0. The lowest BCUT2D eigenvalue weighted by molar-refractivity contribution is 0.0887. The minimum atomic E-state index is 0.207. The molecule has 0 bridgehead atoms. The highest BCUT2D eigenvalue weighted by atomic mass is 16.5. The molecule has 110 valence electrons. The van der Waals surface area contributed by atoms with Gasteiger partial charge >= 0.3 is 0 Å². The van der Waals surface area contributed by atoms with Gasteiger partial charge < -0.3 is 10.1 Å². The summed E-state index contributed by atoms with van der Waals surface area (Å²) < 4.78 is 5.57. The highest BCUT2D eigenvalue weighted by Gasteiger charge is 2.28. The molecule has 0 aromatic rings. The lowest BCUT2D eigenvalue weighted by Crippen LogP contribution is -2.44. The molecule has 1 atom stereocenters. The van der Waals surface area contributed by atoms with Crippen molar-refractivity contribution < 1.29 is 4.74 Å². The number of ether oxygens (including phenoxy) is 1. The highest BCUT2D eigenvalue weighted by molar-refractivity contribution is 4.84. The Balaban J connectivity index is 4.43. The lowest BCUT2D eigenvalue weighted by atomic mass is 9.77. The minimum Gasteiger partial charge on any atom is -0.382 e. The first kappa shape index (κ1) is 17.9. The predicted octanol–water partition coefficient (Wildman–Crippen LogP) is 4.39. The van der Waals surface area contributed by atoms with Crippen molar-refractivity contribution in [2.45, 2.75) is 79.2 Å². The zero-order valence-electron chi connectivity index (χ0n) is 13.6. The molecule has 0 saturated carbocycles. The van der Waals surface area contributed by atoms with E-state index in [2.05, 4.69) is 46.9 Å². The maximum atomic E-state index is 5.57. The number of hydrogen-bond acceptors (Lipinski definition) is 2. The van der Waals surface area contributed by atoms with Crippen LogP contribution in [0.4, 0.5) is 0 Å². The molecule has 0 saturated heterocycles. The number of hydrogen-bond donors (Lipinski definition) is 1. The molecule has 0 aromatic carbocycles. The molecule has 0 fully saturated rings. The molecule has 0 rings (SSSR count). The number of nitrogens with one attached hydrogen (secondary N) is 1. The normalized spacial score (nSPS) is 15.7. The third-order valence-corrected chi connectivity index (χ3v) is 3.79. The van der Waals surface area contributed by atoms with Gasteiger partial charge in [0.1, 0.15) is 0 Å². The molecule has 0 spiro atoms. The van der Waals surface area contributed by atoms with Crippen molar-refractivity contribution in [3.05, 3.63) is 0 Å². The Kier molecular flexibility index (Phi) is 8.89. The van der Waals surface area contributed by atoms with E-state index < -0.39 is 0 Å². The average Bonchev–Trinajstić information content (AvgIpc) is 2.31. The van der Waals surface area contributed by atoms with Crippen LogP contribution in [0.25, 0.3) is 0 Å². The third-order valence-electron chi connectivity index (χ3n) is 3.79. The summed E-state index contributed by atoms with van der Waals surface area (Å²) in [4.78, 5) is 0. The SMILES string of the molecule is CCCCC(CC)(CCOCC)CNC(C)(C)C. The first-order valence-corrected chi connectivity index (χ1v) is 7.72. The van der Waals surface area contributed by atoms with Crippen LogP contribution < -0.4 is 5.32 Å². The molecule has 0 aliphatic carbocycles. The quantitative estimate of drug-likeness (QED) is 0.586. The van der Waals surface area contributed by atoms with Crippen molar-refractivity contribution in [1.29, 1.82) is 0 Å². The first-order valence-electron chi connectivity index (χ1n) is 7.72. The smallest absolute Gasteiger partial charge is 0.0471 e. The van der Waals surface area contributed by atoms with Gasteiger partial charge in [0.15, 0.2) is 0 Å². The summed E-state index contributed by atoms with van der Waals surface area (Å²) in [6.45, 7) is 16.3. The van der Waals surface area contributed by atoms with Gasteiger partial charge in [0.25, 0.3) is 0 Å². The topological polar surface area (TPSA) is 21.3 Å². The fourth-order valence-electron chi connectivity index (χ4n) is 2.22. The van der Waals surface area contributed by atoms with E-state index in [1.165, 1.54) is 32.1 Å². The summed E-state index contributed by atoms with van der Waals surface area (Å²) in [7, 11) is 0. The Bertz CT molecular complexity index is 198. The van der Waals surface area contributed by atoms with E-state index in [-0.39, 0.29) is 5.54 Å². The van der Waals surface area contributed by atoms with Gasteiger partial charge in [-0.15, -0.1) is 0 Å². The average molecular weight is 257 g/mol. The van der Waals surface area contributed by atoms with Crippen molar-refractivity contribution >= 4 is 0 Å². The summed E-state index contributed by atoms with van der Waals surface area (Å²) in [5.41, 5.74) is 0.622. The van der Waals surface area contributed by atoms with E-state index in [1.54, 1.807) is 0 Å². The summed E-state index contributed by atoms with van der Waals surface area (Å²) in [6.07, 6.45) is 6.34. The number of rotatable bonds is 10. The van der Waals surface area contributed by atoms with Crippen molar-refractivity contribution in [2.75, 3.05) is 19.8 Å². The van der Waals surface area contributed by atoms with E-state index in [4.69, 9.17) is 4.74 Å². The molecule has 1 unspecified atom stereocenters. The molecule has 0 aliphatic rings. The van der Waals surface area contributed by atoms with E-state index in [1.807, 2.05) is 0 Å². The maximum absolute atomic E-state index is 5.57. The van der Waals surface area contributed by atoms with Crippen LogP contribution in [-0.2, 0) is 4.74 Å². The summed E-state index contributed by atoms with van der Waals surface area (Å²) in [5, 5.41) is 3.69. The second-order valence-electron chi connectivity index (χ2n) is 6.51. The summed E-state index contributed by atoms with van der Waals surface area (Å²) in [6, 6.07) is 0. The van der Waals surface area contributed by atoms with Gasteiger partial charge in [0.05, 0.1) is 0 Å². The molecule has 0 amide bonds. The highest BCUT2D eigenvalue weighted by Crippen LogP contribution is 2.32. The molecule has 0 aromatic heterocycles. The maximum Gasteiger partial charge on any atom is 0.0471 e. The summed E-state index contributed by atoms with van der Waals surface area (Å²) >= 11 is 0. The second kappa shape index (κ2) is 8.92. The van der Waals surface area contributed by atoms with Gasteiger partial charge in [-0.2, -0.15) is 0 Å². The van der Waals surface area contributed by atoms with Gasteiger partial charge in [-0.05, 0) is 52.4 Å². The fourth-order valence-corrected chi connectivity index (χ4v) is 2.22. The van der Waals surface area contributed by atoms with Crippen LogP contribution in [0.5, 0.6) is 0 Å². The second-order valence-corrected chi connectivity index (χ2v) is 6.51. The molecular formula is C16H35NO. The fraction of sp³-hybridized carbons (Fsp3) is 1.00.